The van der Waals surface area contributed by atoms with Gasteiger partial charge in [0.1, 0.15) is 0 Å². The van der Waals surface area contributed by atoms with Crippen LogP contribution in [-0.2, 0) is 11.3 Å². The third-order valence-electron chi connectivity index (χ3n) is 3.79. The highest BCUT2D eigenvalue weighted by molar-refractivity contribution is 5.93. The van der Waals surface area contributed by atoms with Gasteiger partial charge in [-0.1, -0.05) is 20.8 Å². The van der Waals surface area contributed by atoms with Crippen molar-refractivity contribution in [1.29, 1.82) is 0 Å². The van der Waals surface area contributed by atoms with Gasteiger partial charge in [0, 0.05) is 31.8 Å². The molecular weight excluding hydrogens is 254 g/mol. The normalized spacial score (nSPS) is 22.4. The van der Waals surface area contributed by atoms with Crippen molar-refractivity contribution in [1.82, 2.24) is 15.1 Å². The molecule has 2 atom stereocenters. The molecule has 1 amide bonds. The van der Waals surface area contributed by atoms with Gasteiger partial charge in [-0.15, -0.1) is 0 Å². The van der Waals surface area contributed by atoms with Gasteiger partial charge < -0.3 is 10.1 Å². The van der Waals surface area contributed by atoms with Crippen LogP contribution in [0.15, 0.2) is 12.4 Å². The van der Waals surface area contributed by atoms with Gasteiger partial charge in [0.15, 0.2) is 0 Å². The van der Waals surface area contributed by atoms with Gasteiger partial charge >= 0.3 is 0 Å². The molecule has 5 nitrogen and oxygen atoms in total. The van der Waals surface area contributed by atoms with Crippen LogP contribution in [0, 0.1) is 11.8 Å². The van der Waals surface area contributed by atoms with Gasteiger partial charge in [-0.2, -0.15) is 5.10 Å². The number of ether oxygens (including phenoxy) is 1. The zero-order valence-corrected chi connectivity index (χ0v) is 12.6. The van der Waals surface area contributed by atoms with Crippen LogP contribution in [0.25, 0.3) is 0 Å². The Morgan fingerprint density at radius 3 is 3.10 bits per heavy atom. The first-order chi connectivity index (χ1) is 9.61. The van der Waals surface area contributed by atoms with E-state index in [1.807, 2.05) is 10.9 Å². The largest absolute Gasteiger partial charge is 0.378 e. The number of hydrogen-bond acceptors (Lipinski definition) is 3. The molecule has 1 aromatic rings. The molecule has 112 valence electrons. The molecule has 5 heteroatoms. The van der Waals surface area contributed by atoms with E-state index in [4.69, 9.17) is 4.74 Å². The second-order valence-corrected chi connectivity index (χ2v) is 5.83. The predicted octanol–water partition coefficient (Wildman–Crippen LogP) is 2.08. The lowest BCUT2D eigenvalue weighted by molar-refractivity contribution is 0.0533. The first-order valence-corrected chi connectivity index (χ1v) is 7.54. The first-order valence-electron chi connectivity index (χ1n) is 7.54. The van der Waals surface area contributed by atoms with Crippen LogP contribution in [0.2, 0.25) is 0 Å². The topological polar surface area (TPSA) is 56.2 Å². The minimum absolute atomic E-state index is 0.0400. The van der Waals surface area contributed by atoms with Crippen molar-refractivity contribution >= 4 is 5.91 Å². The zero-order chi connectivity index (χ0) is 14.5. The smallest absolute Gasteiger partial charge is 0.254 e. The number of nitrogens with one attached hydrogen (secondary N) is 1. The number of carbonyl (C=O) groups excluding carboxylic acids is 1. The molecular formula is C15H25N3O2. The summed E-state index contributed by atoms with van der Waals surface area (Å²) in [4.78, 5) is 12.1. The third kappa shape index (κ3) is 3.60. The maximum absolute atomic E-state index is 12.1. The molecule has 0 unspecified atom stereocenters. The van der Waals surface area contributed by atoms with Crippen LogP contribution in [0.3, 0.4) is 0 Å². The summed E-state index contributed by atoms with van der Waals surface area (Å²) >= 11 is 0. The quantitative estimate of drug-likeness (QED) is 0.867. The summed E-state index contributed by atoms with van der Waals surface area (Å²) in [6.07, 6.45) is 5.74. The Balaban J connectivity index is 1.85. The SMILES string of the molecule is CCCn1cc(C(=O)NC[C@H]2CCO[C@@H]2C(C)C)cn1. The van der Waals surface area contributed by atoms with Gasteiger partial charge in [0.2, 0.25) is 0 Å². The molecule has 1 aliphatic rings. The van der Waals surface area contributed by atoms with Crippen molar-refractivity contribution in [3.63, 3.8) is 0 Å². The lowest BCUT2D eigenvalue weighted by atomic mass is 9.93. The standard InChI is InChI=1S/C15H25N3O2/c1-4-6-18-10-13(9-17-18)15(19)16-8-12-5-7-20-14(12)11(2)3/h9-12,14H,4-8H2,1-3H3,(H,16,19)/t12-,14-/m1/s1. The molecule has 0 aliphatic carbocycles. The molecule has 0 bridgehead atoms. The number of amides is 1. The average Bonchev–Trinajstić information content (AvgIpc) is 3.04. The number of aryl methyl sites for hydroxylation is 1. The maximum Gasteiger partial charge on any atom is 0.254 e. The fourth-order valence-electron chi connectivity index (χ4n) is 2.77. The Morgan fingerprint density at radius 1 is 1.60 bits per heavy atom. The molecule has 1 N–H and O–H groups in total. The van der Waals surface area contributed by atoms with Crippen molar-refractivity contribution in [2.45, 2.75) is 46.3 Å². The van der Waals surface area contributed by atoms with Gasteiger partial charge in [-0.05, 0) is 18.8 Å². The van der Waals surface area contributed by atoms with Crippen molar-refractivity contribution in [2.24, 2.45) is 11.8 Å². The fraction of sp³-hybridized carbons (Fsp3) is 0.733. The minimum atomic E-state index is -0.0400. The summed E-state index contributed by atoms with van der Waals surface area (Å²) in [5.41, 5.74) is 0.637. The van der Waals surface area contributed by atoms with Crippen molar-refractivity contribution < 1.29 is 9.53 Å². The maximum atomic E-state index is 12.1. The van der Waals surface area contributed by atoms with Gasteiger partial charge in [0.25, 0.3) is 5.91 Å². The molecule has 1 aromatic heterocycles. The predicted molar refractivity (Wildman–Crippen MR) is 77.5 cm³/mol. The van der Waals surface area contributed by atoms with Gasteiger partial charge in [-0.25, -0.2) is 0 Å². The fourth-order valence-corrected chi connectivity index (χ4v) is 2.77. The zero-order valence-electron chi connectivity index (χ0n) is 12.6. The van der Waals surface area contributed by atoms with Gasteiger partial charge in [-0.3, -0.25) is 9.48 Å². The van der Waals surface area contributed by atoms with Crippen LogP contribution >= 0.6 is 0 Å². The lowest BCUT2D eigenvalue weighted by Crippen LogP contribution is -2.34. The van der Waals surface area contributed by atoms with E-state index in [1.54, 1.807) is 6.20 Å². The Labute approximate surface area is 120 Å². The van der Waals surface area contributed by atoms with E-state index in [9.17, 15) is 4.79 Å². The number of aromatic nitrogens is 2. The van der Waals surface area contributed by atoms with Crippen molar-refractivity contribution in [3.05, 3.63) is 18.0 Å². The van der Waals surface area contributed by atoms with Crippen LogP contribution in [0.5, 0.6) is 0 Å². The molecule has 1 saturated heterocycles. The van der Waals surface area contributed by atoms with E-state index in [1.165, 1.54) is 0 Å². The first kappa shape index (κ1) is 15.0. The number of rotatable bonds is 6. The molecule has 20 heavy (non-hydrogen) atoms. The van der Waals surface area contributed by atoms with E-state index in [2.05, 4.69) is 31.2 Å². The van der Waals surface area contributed by atoms with E-state index in [0.29, 0.717) is 23.9 Å². The van der Waals surface area contributed by atoms with Crippen LogP contribution in [-0.4, -0.2) is 34.9 Å². The highest BCUT2D eigenvalue weighted by Gasteiger charge is 2.30. The molecule has 0 saturated carbocycles. The summed E-state index contributed by atoms with van der Waals surface area (Å²) in [6, 6.07) is 0. The summed E-state index contributed by atoms with van der Waals surface area (Å²) in [5.74, 6) is 0.873. The van der Waals surface area contributed by atoms with E-state index in [0.717, 1.165) is 26.0 Å². The van der Waals surface area contributed by atoms with Crippen LogP contribution < -0.4 is 5.32 Å². The van der Waals surface area contributed by atoms with E-state index in [-0.39, 0.29) is 12.0 Å². The summed E-state index contributed by atoms with van der Waals surface area (Å²) in [6.45, 7) is 8.75. The molecule has 2 rings (SSSR count). The summed E-state index contributed by atoms with van der Waals surface area (Å²) in [7, 11) is 0. The third-order valence-corrected chi connectivity index (χ3v) is 3.79. The minimum Gasteiger partial charge on any atom is -0.378 e. The van der Waals surface area contributed by atoms with Crippen molar-refractivity contribution in [2.75, 3.05) is 13.2 Å². The molecule has 0 radical (unpaired) electrons. The summed E-state index contributed by atoms with van der Waals surface area (Å²) in [5, 5.41) is 7.19. The highest BCUT2D eigenvalue weighted by Crippen LogP contribution is 2.26. The van der Waals surface area contributed by atoms with Gasteiger partial charge in [0.05, 0.1) is 17.9 Å². The van der Waals surface area contributed by atoms with Crippen LogP contribution in [0.4, 0.5) is 0 Å². The Morgan fingerprint density at radius 2 is 2.40 bits per heavy atom. The Hall–Kier alpha value is -1.36. The molecule has 1 fully saturated rings. The second kappa shape index (κ2) is 6.88. The molecule has 2 heterocycles. The van der Waals surface area contributed by atoms with E-state index >= 15 is 0 Å². The number of hydrogen-bond donors (Lipinski definition) is 1. The molecule has 0 spiro atoms. The molecule has 0 aromatic carbocycles. The van der Waals surface area contributed by atoms with E-state index < -0.39 is 0 Å². The lowest BCUT2D eigenvalue weighted by Gasteiger charge is -2.22. The highest BCUT2D eigenvalue weighted by atomic mass is 16.5. The van der Waals surface area contributed by atoms with Crippen LogP contribution in [0.1, 0.15) is 44.0 Å². The second-order valence-electron chi connectivity index (χ2n) is 5.83. The summed E-state index contributed by atoms with van der Waals surface area (Å²) < 4.78 is 7.54. The number of nitrogens with zero attached hydrogens (tertiary/aromatic N) is 2. The average molecular weight is 279 g/mol. The number of carbonyl (C=O) groups is 1. The Bertz CT molecular complexity index is 442. The Kier molecular flexibility index (Phi) is 5.17. The molecule has 1 aliphatic heterocycles. The van der Waals surface area contributed by atoms with Crippen molar-refractivity contribution in [3.8, 4) is 0 Å². The monoisotopic (exact) mass is 279 g/mol.